The second-order valence-electron chi connectivity index (χ2n) is 16.2. The number of hydrogen-bond donors (Lipinski definition) is 0. The van der Waals surface area contributed by atoms with Gasteiger partial charge >= 0.3 is 61.8 Å². The Labute approximate surface area is 413 Å². The number of alkyl halides is 30. The van der Waals surface area contributed by atoms with Crippen molar-refractivity contribution in [3.05, 3.63) is 165 Å². The molecule has 0 spiro atoms. The van der Waals surface area contributed by atoms with Gasteiger partial charge in [-0.1, -0.05) is 12.1 Å². The van der Waals surface area contributed by atoms with Gasteiger partial charge in [-0.3, -0.25) is 0 Å². The van der Waals surface area contributed by atoms with Gasteiger partial charge < -0.3 is 9.80 Å². The summed E-state index contributed by atoms with van der Waals surface area (Å²) in [5.74, 6) is 0. The van der Waals surface area contributed by atoms with E-state index in [1.807, 2.05) is 0 Å². The van der Waals surface area contributed by atoms with Crippen LogP contribution in [0.1, 0.15) is 55.6 Å². The molecule has 0 fully saturated rings. The first-order valence-electron chi connectivity index (χ1n) is 20.2. The maximum atomic E-state index is 15.2. The Kier molecular flexibility index (Phi) is 14.9. The molecule has 0 aliphatic heterocycles. The molecule has 0 saturated heterocycles. The van der Waals surface area contributed by atoms with Crippen molar-refractivity contribution in [2.75, 3.05) is 9.80 Å². The SMILES string of the molecule is FC(F)(F)c1cc(N(c2cc(C(F)(F)F)cc(C(F)(F)F)c2)c2ccc(-c3ccc(N(c4cc(C(F)(F)F)cc(C(F)(F)F)c4)c4cc(C(F)(F)F)cc(C(F)(F)F)c4)cc3C(F)(F)F)c(C(F)(F)F)c2)cc(C(F)(F)F)c1. The van der Waals surface area contributed by atoms with E-state index >= 15 is 26.3 Å². The molecule has 0 saturated carbocycles. The van der Waals surface area contributed by atoms with Crippen molar-refractivity contribution in [3.8, 4) is 11.1 Å². The molecule has 0 aliphatic carbocycles. The lowest BCUT2D eigenvalue weighted by atomic mass is 9.92. The number of halogens is 30. The van der Waals surface area contributed by atoms with Gasteiger partial charge in [-0.2, -0.15) is 132 Å². The molecule has 6 aromatic carbocycles. The van der Waals surface area contributed by atoms with Gasteiger partial charge in [0.25, 0.3) is 0 Å². The predicted molar refractivity (Wildman–Crippen MR) is 211 cm³/mol. The minimum Gasteiger partial charge on any atom is -0.310 e. The monoisotopic (exact) mass is 1170 g/mol. The van der Waals surface area contributed by atoms with Crippen molar-refractivity contribution in [3.63, 3.8) is 0 Å². The molecule has 0 amide bonds. The van der Waals surface area contributed by atoms with Gasteiger partial charge in [0.1, 0.15) is 0 Å². The Hall–Kier alpha value is -7.18. The van der Waals surface area contributed by atoms with Crippen molar-refractivity contribution >= 4 is 34.1 Å². The van der Waals surface area contributed by atoms with Gasteiger partial charge in [-0.05, 0) is 108 Å². The van der Waals surface area contributed by atoms with E-state index in [2.05, 4.69) is 0 Å². The Balaban J connectivity index is 1.74. The lowest BCUT2D eigenvalue weighted by Crippen LogP contribution is -2.19. The van der Waals surface area contributed by atoms with E-state index in [1.165, 1.54) is 0 Å². The molecule has 0 bridgehead atoms. The summed E-state index contributed by atoms with van der Waals surface area (Å²) in [6, 6.07) is -7.16. The van der Waals surface area contributed by atoms with Crippen LogP contribution >= 0.6 is 0 Å². The quantitative estimate of drug-likeness (QED) is 0.147. The molecule has 0 N–H and O–H groups in total. The normalized spacial score (nSPS) is 13.8. The van der Waals surface area contributed by atoms with Crippen LogP contribution < -0.4 is 9.80 Å². The van der Waals surface area contributed by atoms with Crippen molar-refractivity contribution in [1.29, 1.82) is 0 Å². The molecule has 0 aliphatic rings. The first kappa shape index (κ1) is 60.1. The summed E-state index contributed by atoms with van der Waals surface area (Å²) in [6.45, 7) is 0. The topological polar surface area (TPSA) is 6.48 Å². The van der Waals surface area contributed by atoms with Crippen molar-refractivity contribution < 1.29 is 132 Å². The molecule has 0 unspecified atom stereocenters. The summed E-state index contributed by atoms with van der Waals surface area (Å²) in [6.07, 6.45) is -59.6. The first-order valence-corrected chi connectivity index (χ1v) is 20.2. The molecule has 2 nitrogen and oxygen atoms in total. The third kappa shape index (κ3) is 13.2. The maximum absolute atomic E-state index is 15.2. The zero-order chi connectivity index (χ0) is 59.3. The molecule has 0 radical (unpaired) electrons. The Morgan fingerprint density at radius 2 is 0.346 bits per heavy atom. The van der Waals surface area contributed by atoms with Crippen molar-refractivity contribution in [2.24, 2.45) is 0 Å². The van der Waals surface area contributed by atoms with E-state index < -0.39 is 257 Å². The number of anilines is 6. The summed E-state index contributed by atoms with van der Waals surface area (Å²) in [5.41, 5.74) is -38.6. The van der Waals surface area contributed by atoms with Gasteiger partial charge in [0, 0.05) is 34.1 Å². The largest absolute Gasteiger partial charge is 0.417 e. The molecule has 0 aromatic heterocycles. The van der Waals surface area contributed by atoms with Gasteiger partial charge in [-0.25, -0.2) is 0 Å². The minimum atomic E-state index is -6.21. The zero-order valence-electron chi connectivity index (χ0n) is 36.6. The Morgan fingerprint density at radius 1 is 0.179 bits per heavy atom. The van der Waals surface area contributed by atoms with Gasteiger partial charge in [0.15, 0.2) is 0 Å². The lowest BCUT2D eigenvalue weighted by Gasteiger charge is -2.30. The van der Waals surface area contributed by atoms with Crippen LogP contribution in [-0.4, -0.2) is 0 Å². The first-order chi connectivity index (χ1) is 35.0. The number of nitrogens with zero attached hydrogens (tertiary/aromatic N) is 2. The number of benzene rings is 6. The van der Waals surface area contributed by atoms with E-state index in [4.69, 9.17) is 0 Å². The van der Waals surface area contributed by atoms with Crippen molar-refractivity contribution in [1.82, 2.24) is 0 Å². The molecule has 32 heteroatoms. The second-order valence-corrected chi connectivity index (χ2v) is 16.2. The Morgan fingerprint density at radius 3 is 0.487 bits per heavy atom. The van der Waals surface area contributed by atoms with E-state index in [0.717, 1.165) is 0 Å². The summed E-state index contributed by atoms with van der Waals surface area (Å²) in [7, 11) is 0. The van der Waals surface area contributed by atoms with Gasteiger partial charge in [0.05, 0.1) is 55.6 Å². The van der Waals surface area contributed by atoms with Crippen LogP contribution in [0.5, 0.6) is 0 Å². The average molecular weight is 1170 g/mol. The van der Waals surface area contributed by atoms with Crippen LogP contribution in [0.25, 0.3) is 11.1 Å². The maximum Gasteiger partial charge on any atom is 0.417 e. The molecule has 0 heterocycles. The van der Waals surface area contributed by atoms with E-state index in [9.17, 15) is 105 Å². The highest BCUT2D eigenvalue weighted by Crippen LogP contribution is 2.52. The Bertz CT molecular complexity index is 2710. The molecule has 78 heavy (non-hydrogen) atoms. The molecular formula is C46H18F30N2. The third-order valence-corrected chi connectivity index (χ3v) is 10.7. The zero-order valence-corrected chi connectivity index (χ0v) is 36.6. The van der Waals surface area contributed by atoms with Crippen LogP contribution in [-0.2, 0) is 61.8 Å². The fourth-order valence-corrected chi connectivity index (χ4v) is 7.45. The average Bonchev–Trinajstić information content (AvgIpc) is 3.26. The molecule has 0 atom stereocenters. The summed E-state index contributed by atoms with van der Waals surface area (Å²) < 4.78 is 429. The third-order valence-electron chi connectivity index (χ3n) is 10.7. The van der Waals surface area contributed by atoms with Crippen LogP contribution in [0.15, 0.2) is 109 Å². The van der Waals surface area contributed by atoms with E-state index in [1.54, 1.807) is 0 Å². The summed E-state index contributed by atoms with van der Waals surface area (Å²) >= 11 is 0. The summed E-state index contributed by atoms with van der Waals surface area (Å²) in [4.78, 5) is -0.928. The van der Waals surface area contributed by atoms with Crippen LogP contribution in [0.3, 0.4) is 0 Å². The fraction of sp³-hybridized carbons (Fsp3) is 0.217. The van der Waals surface area contributed by atoms with Crippen LogP contribution in [0, 0.1) is 0 Å². The number of rotatable bonds is 7. The minimum absolute atomic E-state index is 0.00536. The lowest BCUT2D eigenvalue weighted by molar-refractivity contribution is -0.144. The van der Waals surface area contributed by atoms with Crippen LogP contribution in [0.2, 0.25) is 0 Å². The highest BCUT2D eigenvalue weighted by Gasteiger charge is 2.45. The van der Waals surface area contributed by atoms with E-state index in [-0.39, 0.29) is 24.3 Å². The predicted octanol–water partition coefficient (Wildman–Crippen LogP) is 20.5. The summed E-state index contributed by atoms with van der Waals surface area (Å²) in [5, 5.41) is 0. The highest BCUT2D eigenvalue weighted by atomic mass is 19.4. The standard InChI is InChI=1S/C46H18F30N2/c47-37(48,49)19-5-20(38(50,51)52)10-29(9-19)77(30-11-21(39(53,54)55)6-22(12-30)40(56,57)58)27-1-3-33(35(17-27)45(71,72)73)34-4-2-28(18-36(34)46(74,75)76)78(31-13-23(41(59,60)61)7-24(14-31)42(62,63)64)32-15-25(43(65,66)67)8-26(16-32)44(68,69)70/h1-18H. The molecule has 6 rings (SSSR count). The second kappa shape index (κ2) is 19.3. The fourth-order valence-electron chi connectivity index (χ4n) is 7.45. The number of hydrogen-bond acceptors (Lipinski definition) is 2. The molecule has 422 valence electrons. The highest BCUT2D eigenvalue weighted by molar-refractivity contribution is 5.85. The van der Waals surface area contributed by atoms with Crippen molar-refractivity contribution in [2.45, 2.75) is 61.8 Å². The van der Waals surface area contributed by atoms with Gasteiger partial charge in [-0.15, -0.1) is 0 Å². The molecular weight excluding hydrogens is 1150 g/mol. The van der Waals surface area contributed by atoms with Gasteiger partial charge in [0.2, 0.25) is 0 Å². The molecule has 6 aromatic rings. The van der Waals surface area contributed by atoms with Crippen LogP contribution in [0.4, 0.5) is 166 Å². The van der Waals surface area contributed by atoms with E-state index in [0.29, 0.717) is 0 Å². The smallest absolute Gasteiger partial charge is 0.310 e.